The highest BCUT2D eigenvalue weighted by Gasteiger charge is 2.26. The van der Waals surface area contributed by atoms with Gasteiger partial charge in [0.15, 0.2) is 0 Å². The minimum Gasteiger partial charge on any atom is -0.339 e. The van der Waals surface area contributed by atoms with Crippen LogP contribution in [0.2, 0.25) is 10.2 Å². The number of aromatic nitrogens is 1. The van der Waals surface area contributed by atoms with E-state index < -0.39 is 0 Å². The second-order valence-corrected chi connectivity index (χ2v) is 6.25. The summed E-state index contributed by atoms with van der Waals surface area (Å²) >= 11 is 11.7. The highest BCUT2D eigenvalue weighted by molar-refractivity contribution is 6.41. The fourth-order valence-corrected chi connectivity index (χ4v) is 3.02. The van der Waals surface area contributed by atoms with Crippen molar-refractivity contribution >= 4 is 29.1 Å². The summed E-state index contributed by atoms with van der Waals surface area (Å²) < 4.78 is 0. The first-order valence-corrected chi connectivity index (χ1v) is 8.09. The third-order valence-electron chi connectivity index (χ3n) is 4.01. The number of carbonyl (C=O) groups excluding carboxylic acids is 1. The van der Waals surface area contributed by atoms with Crippen LogP contribution in [0, 0.1) is 0 Å². The molecule has 0 bridgehead atoms. The Balaban J connectivity index is 1.98. The molecule has 0 atom stereocenters. The third-order valence-corrected chi connectivity index (χ3v) is 4.69. The number of pyridine rings is 1. The van der Waals surface area contributed by atoms with E-state index in [2.05, 4.69) is 16.8 Å². The summed E-state index contributed by atoms with van der Waals surface area (Å²) in [6.07, 6.45) is 4.68. The van der Waals surface area contributed by atoms with E-state index in [-0.39, 0.29) is 17.1 Å². The van der Waals surface area contributed by atoms with Crippen LogP contribution in [0.3, 0.4) is 0 Å². The average molecular weight is 330 g/mol. The first kappa shape index (κ1) is 16.5. The topological polar surface area (TPSA) is 36.4 Å². The second kappa shape index (κ2) is 7.43. The Bertz CT molecular complexity index is 502. The molecule has 0 radical (unpaired) electrons. The predicted octanol–water partition coefficient (Wildman–Crippen LogP) is 3.33. The van der Waals surface area contributed by atoms with E-state index in [0.29, 0.717) is 10.6 Å². The van der Waals surface area contributed by atoms with Crippen LogP contribution in [0.4, 0.5) is 0 Å². The lowest BCUT2D eigenvalue weighted by Gasteiger charge is -2.36. The van der Waals surface area contributed by atoms with Crippen LogP contribution in [0.25, 0.3) is 0 Å². The van der Waals surface area contributed by atoms with E-state index in [1.165, 1.54) is 12.6 Å². The molecule has 0 unspecified atom stereocenters. The number of carbonyl (C=O) groups is 1. The van der Waals surface area contributed by atoms with Crippen LogP contribution in [0.1, 0.15) is 36.5 Å². The zero-order valence-corrected chi connectivity index (χ0v) is 14.0. The van der Waals surface area contributed by atoms with Crippen molar-refractivity contribution in [2.24, 2.45) is 0 Å². The third kappa shape index (κ3) is 4.09. The molecule has 2 heterocycles. The molecular weight excluding hydrogens is 309 g/mol. The standard InChI is InChI=1S/C15H21Cl2N3O/c1-3-6-20-7-4-12(5-8-20)19(2)15(21)11-9-13(16)14(17)18-10-11/h9-10,12H,3-8H2,1-2H3. The molecule has 0 aliphatic carbocycles. The number of amides is 1. The monoisotopic (exact) mass is 329 g/mol. The lowest BCUT2D eigenvalue weighted by molar-refractivity contribution is 0.0642. The predicted molar refractivity (Wildman–Crippen MR) is 86.1 cm³/mol. The summed E-state index contributed by atoms with van der Waals surface area (Å²) in [5, 5.41) is 0.539. The molecule has 0 aromatic carbocycles. The van der Waals surface area contributed by atoms with Gasteiger partial charge in [0.05, 0.1) is 10.6 Å². The van der Waals surface area contributed by atoms with Gasteiger partial charge in [-0.3, -0.25) is 4.79 Å². The van der Waals surface area contributed by atoms with Crippen LogP contribution < -0.4 is 0 Å². The first-order chi connectivity index (χ1) is 10.0. The quantitative estimate of drug-likeness (QED) is 0.795. The number of hydrogen-bond donors (Lipinski definition) is 0. The fraction of sp³-hybridized carbons (Fsp3) is 0.600. The summed E-state index contributed by atoms with van der Waals surface area (Å²) in [6, 6.07) is 1.86. The minimum absolute atomic E-state index is 0.0463. The van der Waals surface area contributed by atoms with E-state index >= 15 is 0 Å². The van der Waals surface area contributed by atoms with Gasteiger partial charge in [0, 0.05) is 32.4 Å². The smallest absolute Gasteiger partial charge is 0.255 e. The largest absolute Gasteiger partial charge is 0.339 e. The molecule has 1 fully saturated rings. The van der Waals surface area contributed by atoms with Gasteiger partial charge in [-0.1, -0.05) is 30.1 Å². The summed E-state index contributed by atoms with van der Waals surface area (Å²) in [4.78, 5) is 20.7. The van der Waals surface area contributed by atoms with Crippen LogP contribution in [-0.2, 0) is 0 Å². The minimum atomic E-state index is -0.0463. The Labute approximate surface area is 136 Å². The molecule has 1 aromatic heterocycles. The summed E-state index contributed by atoms with van der Waals surface area (Å²) in [5.41, 5.74) is 0.489. The summed E-state index contributed by atoms with van der Waals surface area (Å²) in [6.45, 7) is 5.44. The highest BCUT2D eigenvalue weighted by Crippen LogP contribution is 2.22. The molecule has 4 nitrogen and oxygen atoms in total. The molecule has 0 spiro atoms. The maximum atomic E-state index is 12.5. The Kier molecular flexibility index (Phi) is 5.85. The number of rotatable bonds is 4. The van der Waals surface area contributed by atoms with Gasteiger partial charge < -0.3 is 9.80 Å². The number of likely N-dealkylation sites (tertiary alicyclic amines) is 1. The zero-order valence-electron chi connectivity index (χ0n) is 12.5. The Morgan fingerprint density at radius 1 is 1.43 bits per heavy atom. The molecule has 21 heavy (non-hydrogen) atoms. The van der Waals surface area contributed by atoms with Crippen molar-refractivity contribution < 1.29 is 4.79 Å². The molecular formula is C15H21Cl2N3O. The van der Waals surface area contributed by atoms with Gasteiger partial charge in [-0.05, 0) is 31.9 Å². The Hall–Kier alpha value is -0.840. The lowest BCUT2D eigenvalue weighted by Crippen LogP contribution is -2.45. The van der Waals surface area contributed by atoms with Crippen molar-refractivity contribution in [2.75, 3.05) is 26.7 Å². The second-order valence-electron chi connectivity index (χ2n) is 5.49. The van der Waals surface area contributed by atoms with E-state index in [4.69, 9.17) is 23.2 Å². The van der Waals surface area contributed by atoms with Gasteiger partial charge in [-0.15, -0.1) is 0 Å². The number of nitrogens with zero attached hydrogens (tertiary/aromatic N) is 3. The molecule has 1 saturated heterocycles. The first-order valence-electron chi connectivity index (χ1n) is 7.33. The molecule has 1 amide bonds. The van der Waals surface area contributed by atoms with E-state index in [0.717, 1.165) is 32.5 Å². The molecule has 0 N–H and O–H groups in total. The molecule has 1 aliphatic heterocycles. The van der Waals surface area contributed by atoms with Gasteiger partial charge in [-0.2, -0.15) is 0 Å². The normalized spacial score (nSPS) is 17.0. The van der Waals surface area contributed by atoms with Gasteiger partial charge >= 0.3 is 0 Å². The molecule has 2 rings (SSSR count). The SMILES string of the molecule is CCCN1CCC(N(C)C(=O)c2cnc(Cl)c(Cl)c2)CC1. The summed E-state index contributed by atoms with van der Waals surface area (Å²) in [7, 11) is 1.85. The average Bonchev–Trinajstić information content (AvgIpc) is 2.50. The molecule has 116 valence electrons. The number of halogens is 2. The van der Waals surface area contributed by atoms with Crippen molar-refractivity contribution in [2.45, 2.75) is 32.2 Å². The highest BCUT2D eigenvalue weighted by atomic mass is 35.5. The zero-order chi connectivity index (χ0) is 15.4. The maximum Gasteiger partial charge on any atom is 0.255 e. The Morgan fingerprint density at radius 3 is 2.67 bits per heavy atom. The number of piperidine rings is 1. The number of hydrogen-bond acceptors (Lipinski definition) is 3. The van der Waals surface area contributed by atoms with Crippen LogP contribution in [0.5, 0.6) is 0 Å². The van der Waals surface area contributed by atoms with Crippen LogP contribution >= 0.6 is 23.2 Å². The maximum absolute atomic E-state index is 12.5. The van der Waals surface area contributed by atoms with Crippen molar-refractivity contribution in [3.63, 3.8) is 0 Å². The van der Waals surface area contributed by atoms with Gasteiger partial charge in [-0.25, -0.2) is 4.98 Å². The van der Waals surface area contributed by atoms with Gasteiger partial charge in [0.25, 0.3) is 5.91 Å². The van der Waals surface area contributed by atoms with E-state index in [1.54, 1.807) is 6.07 Å². The van der Waals surface area contributed by atoms with E-state index in [1.807, 2.05) is 11.9 Å². The van der Waals surface area contributed by atoms with Crippen molar-refractivity contribution in [3.05, 3.63) is 28.0 Å². The molecule has 6 heteroatoms. The van der Waals surface area contributed by atoms with Crippen LogP contribution in [0.15, 0.2) is 12.3 Å². The molecule has 1 aromatic rings. The molecule has 1 aliphatic rings. The summed E-state index contributed by atoms with van der Waals surface area (Å²) in [5.74, 6) is -0.0463. The lowest BCUT2D eigenvalue weighted by atomic mass is 10.0. The van der Waals surface area contributed by atoms with Crippen molar-refractivity contribution in [1.29, 1.82) is 0 Å². The van der Waals surface area contributed by atoms with Gasteiger partial charge in [0.1, 0.15) is 5.15 Å². The van der Waals surface area contributed by atoms with Crippen LogP contribution in [-0.4, -0.2) is 53.4 Å². The molecule has 0 saturated carbocycles. The van der Waals surface area contributed by atoms with Gasteiger partial charge in [0.2, 0.25) is 0 Å². The van der Waals surface area contributed by atoms with Crippen molar-refractivity contribution in [3.8, 4) is 0 Å². The fourth-order valence-electron chi connectivity index (χ4n) is 2.75. The Morgan fingerprint density at radius 2 is 2.10 bits per heavy atom. The van der Waals surface area contributed by atoms with E-state index in [9.17, 15) is 4.79 Å². The van der Waals surface area contributed by atoms with Crippen molar-refractivity contribution in [1.82, 2.24) is 14.8 Å².